The third kappa shape index (κ3) is 4.08. The predicted molar refractivity (Wildman–Crippen MR) is 104 cm³/mol. The number of benzene rings is 2. The van der Waals surface area contributed by atoms with Gasteiger partial charge in [-0.15, -0.1) is 0 Å². The van der Waals surface area contributed by atoms with Gasteiger partial charge in [-0.25, -0.2) is 4.79 Å². The molecule has 0 atom stereocenters. The lowest BCUT2D eigenvalue weighted by Crippen LogP contribution is -2.44. The van der Waals surface area contributed by atoms with Gasteiger partial charge in [-0.05, 0) is 24.3 Å². The van der Waals surface area contributed by atoms with Crippen LogP contribution >= 0.6 is 0 Å². The zero-order chi connectivity index (χ0) is 21.0. The lowest BCUT2D eigenvalue weighted by molar-refractivity contribution is -0.124. The maximum absolute atomic E-state index is 12.6. The molecule has 2 aromatic rings. The van der Waals surface area contributed by atoms with Crippen LogP contribution in [0.1, 0.15) is 10.4 Å². The average molecular weight is 400 g/mol. The first-order valence-corrected chi connectivity index (χ1v) is 8.64. The highest BCUT2D eigenvalue weighted by molar-refractivity contribution is 6.10. The molecule has 2 amide bonds. The van der Waals surface area contributed by atoms with E-state index >= 15 is 0 Å². The summed E-state index contributed by atoms with van der Waals surface area (Å²) in [5.74, 6) is -0.689. The number of para-hydroxylation sites is 2. The zero-order valence-corrected chi connectivity index (χ0v) is 16.2. The molecule has 3 rings (SSSR count). The lowest BCUT2D eigenvalue weighted by atomic mass is 10.2. The molecule has 0 saturated heterocycles. The maximum atomic E-state index is 12.6. The molecule has 2 aromatic carbocycles. The van der Waals surface area contributed by atoms with Gasteiger partial charge in [-0.2, -0.15) is 0 Å². The number of ether oxygens (including phenoxy) is 4. The normalized spacial score (nSPS) is 12.5. The number of nitrogens with zero attached hydrogens (tertiary/aromatic N) is 1. The lowest BCUT2D eigenvalue weighted by Gasteiger charge is -2.28. The smallest absolute Gasteiger partial charge is 0.338 e. The fourth-order valence-corrected chi connectivity index (χ4v) is 2.94. The number of hydrogen-bond acceptors (Lipinski definition) is 7. The van der Waals surface area contributed by atoms with E-state index in [1.165, 1.54) is 38.4 Å². The number of amides is 2. The van der Waals surface area contributed by atoms with Crippen molar-refractivity contribution in [3.8, 4) is 17.2 Å². The first kappa shape index (κ1) is 20.0. The third-order valence-corrected chi connectivity index (χ3v) is 4.30. The Morgan fingerprint density at radius 3 is 2.31 bits per heavy atom. The molecule has 9 heteroatoms. The van der Waals surface area contributed by atoms with Crippen molar-refractivity contribution < 1.29 is 33.3 Å². The number of fused-ring (bicyclic) bond motifs is 1. The first-order valence-electron chi connectivity index (χ1n) is 8.64. The van der Waals surface area contributed by atoms with Gasteiger partial charge in [-0.1, -0.05) is 12.1 Å². The van der Waals surface area contributed by atoms with Crippen molar-refractivity contribution in [3.63, 3.8) is 0 Å². The van der Waals surface area contributed by atoms with Crippen molar-refractivity contribution in [3.05, 3.63) is 42.0 Å². The largest absolute Gasteiger partial charge is 0.493 e. The molecule has 0 unspecified atom stereocenters. The molecule has 1 aliphatic rings. The summed E-state index contributed by atoms with van der Waals surface area (Å²) in [5, 5.41) is 2.69. The van der Waals surface area contributed by atoms with E-state index in [9.17, 15) is 14.4 Å². The monoisotopic (exact) mass is 400 g/mol. The van der Waals surface area contributed by atoms with Gasteiger partial charge < -0.3 is 24.3 Å². The summed E-state index contributed by atoms with van der Waals surface area (Å²) in [6.07, 6.45) is 0. The Morgan fingerprint density at radius 2 is 1.69 bits per heavy atom. The summed E-state index contributed by atoms with van der Waals surface area (Å²) in [5.41, 5.74) is 1.19. The fourth-order valence-electron chi connectivity index (χ4n) is 2.94. The van der Waals surface area contributed by atoms with Crippen LogP contribution < -0.4 is 24.4 Å². The Kier molecular flexibility index (Phi) is 5.87. The van der Waals surface area contributed by atoms with Crippen LogP contribution in [-0.2, 0) is 14.3 Å². The van der Waals surface area contributed by atoms with Gasteiger partial charge in [0.2, 0.25) is 11.7 Å². The van der Waals surface area contributed by atoms with E-state index in [-0.39, 0.29) is 29.5 Å². The number of anilines is 2. The molecule has 0 bridgehead atoms. The zero-order valence-electron chi connectivity index (χ0n) is 16.2. The van der Waals surface area contributed by atoms with Crippen LogP contribution in [0.4, 0.5) is 11.4 Å². The summed E-state index contributed by atoms with van der Waals surface area (Å²) in [7, 11) is 4.30. The topological polar surface area (TPSA) is 103 Å². The number of hydrogen-bond donors (Lipinski definition) is 1. The van der Waals surface area contributed by atoms with Crippen LogP contribution in [0.2, 0.25) is 0 Å². The standard InChI is InChI=1S/C20H20N2O7/c1-26-15-8-12(9-16(27-2)19(15)28-3)20(25)29-11-18(24)22-10-17(23)21-13-6-4-5-7-14(13)22/h4-9H,10-11H2,1-3H3,(H,21,23). The van der Waals surface area contributed by atoms with E-state index in [0.29, 0.717) is 17.1 Å². The first-order chi connectivity index (χ1) is 14.0. The van der Waals surface area contributed by atoms with Crippen LogP contribution in [0.25, 0.3) is 0 Å². The minimum atomic E-state index is -0.743. The Hall–Kier alpha value is -3.75. The number of rotatable bonds is 6. The van der Waals surface area contributed by atoms with Crippen molar-refractivity contribution in [2.45, 2.75) is 0 Å². The van der Waals surface area contributed by atoms with Gasteiger partial charge in [0.15, 0.2) is 18.1 Å². The van der Waals surface area contributed by atoms with Crippen molar-refractivity contribution in [1.82, 2.24) is 0 Å². The number of methoxy groups -OCH3 is 3. The SMILES string of the molecule is COc1cc(C(=O)OCC(=O)N2CC(=O)Nc3ccccc32)cc(OC)c1OC. The maximum Gasteiger partial charge on any atom is 0.338 e. The molecule has 1 aliphatic heterocycles. The van der Waals surface area contributed by atoms with Crippen molar-refractivity contribution in [1.29, 1.82) is 0 Å². The van der Waals surface area contributed by atoms with Crippen LogP contribution in [-0.4, -0.2) is 52.3 Å². The summed E-state index contributed by atoms with van der Waals surface area (Å²) in [6.45, 7) is -0.686. The van der Waals surface area contributed by atoms with Crippen LogP contribution in [0.5, 0.6) is 17.2 Å². The minimum absolute atomic E-state index is 0.129. The van der Waals surface area contributed by atoms with Gasteiger partial charge in [0.1, 0.15) is 6.54 Å². The second-order valence-corrected chi connectivity index (χ2v) is 6.04. The Balaban J connectivity index is 1.74. The van der Waals surface area contributed by atoms with Crippen LogP contribution in [0, 0.1) is 0 Å². The van der Waals surface area contributed by atoms with Crippen molar-refractivity contribution >= 4 is 29.2 Å². The second kappa shape index (κ2) is 8.51. The molecule has 0 aliphatic carbocycles. The number of nitrogens with one attached hydrogen (secondary N) is 1. The van der Waals surface area contributed by atoms with Crippen molar-refractivity contribution in [2.24, 2.45) is 0 Å². The van der Waals surface area contributed by atoms with Gasteiger partial charge in [0.05, 0.1) is 38.3 Å². The van der Waals surface area contributed by atoms with Gasteiger partial charge in [-0.3, -0.25) is 14.5 Å². The molecule has 0 radical (unpaired) electrons. The van der Waals surface area contributed by atoms with Crippen molar-refractivity contribution in [2.75, 3.05) is 44.7 Å². The van der Waals surface area contributed by atoms with E-state index in [1.54, 1.807) is 24.3 Å². The molecule has 1 heterocycles. The van der Waals surface area contributed by atoms with Crippen LogP contribution in [0.15, 0.2) is 36.4 Å². The number of carbonyl (C=O) groups excluding carboxylic acids is 3. The van der Waals surface area contributed by atoms with Gasteiger partial charge >= 0.3 is 5.97 Å². The third-order valence-electron chi connectivity index (χ3n) is 4.30. The van der Waals surface area contributed by atoms with E-state index in [4.69, 9.17) is 18.9 Å². The molecule has 152 valence electrons. The molecule has 0 saturated carbocycles. The van der Waals surface area contributed by atoms with E-state index in [2.05, 4.69) is 5.32 Å². The molecule has 0 aromatic heterocycles. The Bertz CT molecular complexity index is 933. The van der Waals surface area contributed by atoms with Crippen LogP contribution in [0.3, 0.4) is 0 Å². The predicted octanol–water partition coefficient (Wildman–Crippen LogP) is 1.85. The quantitative estimate of drug-likeness (QED) is 0.738. The van der Waals surface area contributed by atoms with E-state index in [1.807, 2.05) is 0 Å². The molecule has 0 spiro atoms. The van der Waals surface area contributed by atoms with Gasteiger partial charge in [0.25, 0.3) is 5.91 Å². The molecular formula is C20H20N2O7. The summed E-state index contributed by atoms with van der Waals surface area (Å²) >= 11 is 0. The number of carbonyl (C=O) groups is 3. The second-order valence-electron chi connectivity index (χ2n) is 6.04. The Morgan fingerprint density at radius 1 is 1.03 bits per heavy atom. The number of esters is 1. The fraction of sp³-hybridized carbons (Fsp3) is 0.250. The summed E-state index contributed by atoms with van der Waals surface area (Å²) in [6, 6.07) is 9.74. The highest BCUT2D eigenvalue weighted by Gasteiger charge is 2.27. The summed E-state index contributed by atoms with van der Waals surface area (Å²) < 4.78 is 20.8. The van der Waals surface area contributed by atoms with E-state index < -0.39 is 18.5 Å². The molecule has 0 fully saturated rings. The van der Waals surface area contributed by atoms with E-state index in [0.717, 1.165) is 0 Å². The minimum Gasteiger partial charge on any atom is -0.493 e. The van der Waals surface area contributed by atoms with Gasteiger partial charge in [0, 0.05) is 0 Å². The molecule has 29 heavy (non-hydrogen) atoms. The molecular weight excluding hydrogens is 380 g/mol. The highest BCUT2D eigenvalue weighted by atomic mass is 16.5. The summed E-state index contributed by atoms with van der Waals surface area (Å²) in [4.78, 5) is 38.2. The molecule has 9 nitrogen and oxygen atoms in total. The highest BCUT2D eigenvalue weighted by Crippen LogP contribution is 2.38. The Labute approximate surface area is 167 Å². The molecule has 1 N–H and O–H groups in total. The average Bonchev–Trinajstić information content (AvgIpc) is 2.75.